The fourth-order valence-electron chi connectivity index (χ4n) is 9.80. The van der Waals surface area contributed by atoms with Crippen LogP contribution in [0.25, 0.3) is 10.8 Å². The highest BCUT2D eigenvalue weighted by Gasteiger charge is 2.62. The summed E-state index contributed by atoms with van der Waals surface area (Å²) < 4.78 is 77.3. The van der Waals surface area contributed by atoms with Crippen molar-refractivity contribution in [3.63, 3.8) is 0 Å². The van der Waals surface area contributed by atoms with Gasteiger partial charge >= 0.3 is 26.6 Å². The summed E-state index contributed by atoms with van der Waals surface area (Å²) >= 11 is 0. The van der Waals surface area contributed by atoms with Gasteiger partial charge in [-0.1, -0.05) is 58.8 Å². The predicted molar refractivity (Wildman–Crippen MR) is 245 cm³/mol. The molecule has 1 aromatic heterocycles. The van der Waals surface area contributed by atoms with Crippen molar-refractivity contribution in [3.8, 4) is 11.6 Å². The molecule has 66 heavy (non-hydrogen) atoms. The molecule has 2 amide bonds. The third kappa shape index (κ3) is 13.8. The fraction of sp³-hybridized carbons (Fsp3) is 0.723. The molecule has 5 fully saturated rings. The number of esters is 1. The van der Waals surface area contributed by atoms with Gasteiger partial charge in [-0.3, -0.25) is 23.4 Å². The number of ketones is 1. The Morgan fingerprint density at radius 1 is 0.909 bits per heavy atom. The number of nitrogens with zero attached hydrogens (tertiary/aromatic N) is 2. The van der Waals surface area contributed by atoms with Crippen LogP contribution in [-0.4, -0.2) is 92.9 Å². The number of methoxy groups -OCH3 is 1. The van der Waals surface area contributed by atoms with Crippen LogP contribution < -0.4 is 19.3 Å². The molecule has 3 N–H and O–H groups in total. The molecule has 0 bridgehead atoms. The van der Waals surface area contributed by atoms with Crippen LogP contribution in [0, 0.1) is 17.3 Å². The number of nitrogens with one attached hydrogen (secondary N) is 1. The normalized spacial score (nSPS) is 26.3. The third-order valence-electron chi connectivity index (χ3n) is 13.4. The second-order valence-electron chi connectivity index (χ2n) is 20.1. The van der Waals surface area contributed by atoms with Gasteiger partial charge in [-0.05, 0) is 114 Å². The fourth-order valence-corrected chi connectivity index (χ4v) is 11.7. The number of carbonyl (C=O) groups is 4. The summed E-state index contributed by atoms with van der Waals surface area (Å²) in [5, 5.41) is 6.32. The SMILES string of the molecule is CCCC1(OS(=O)(=O)NC(=O)[C@]23CC(=O)[C@@H]4C[C@@H](Oc5nccc6cc(OC)ccc56)CN4C(=O)[C@@H](CC(=O)OC(C)(C)C)CCCCCCC[C@@H]2C3)CC1.CCCC1(OS(N)(=O)=O)CC1. The maximum absolute atomic E-state index is 14.6. The van der Waals surface area contributed by atoms with Crippen LogP contribution in [0.1, 0.15) is 157 Å². The highest BCUT2D eigenvalue weighted by atomic mass is 32.2. The van der Waals surface area contributed by atoms with E-state index in [1.165, 1.54) is 4.90 Å². The van der Waals surface area contributed by atoms with Gasteiger partial charge < -0.3 is 19.1 Å². The van der Waals surface area contributed by atoms with Crippen LogP contribution in [0.2, 0.25) is 0 Å². The van der Waals surface area contributed by atoms with Gasteiger partial charge in [-0.15, -0.1) is 0 Å². The van der Waals surface area contributed by atoms with Crippen LogP contribution in [0.5, 0.6) is 11.6 Å². The number of amides is 2. The van der Waals surface area contributed by atoms with Crippen LogP contribution in [0.4, 0.5) is 0 Å². The van der Waals surface area contributed by atoms with E-state index in [1.54, 1.807) is 40.1 Å². The lowest BCUT2D eigenvalue weighted by atomic mass is 9.90. The van der Waals surface area contributed by atoms with Gasteiger partial charge in [0, 0.05) is 30.3 Å². The van der Waals surface area contributed by atoms with Crippen molar-refractivity contribution in [3.05, 3.63) is 30.5 Å². The lowest BCUT2D eigenvalue weighted by Gasteiger charge is -2.29. The third-order valence-corrected chi connectivity index (χ3v) is 15.0. The van der Waals surface area contributed by atoms with E-state index in [0.29, 0.717) is 50.2 Å². The number of benzene rings is 1. The minimum atomic E-state index is -4.42. The molecule has 1 aromatic carbocycles. The largest absolute Gasteiger partial charge is 0.497 e. The lowest BCUT2D eigenvalue weighted by molar-refractivity contribution is -0.159. The van der Waals surface area contributed by atoms with E-state index >= 15 is 0 Å². The molecule has 5 aliphatic rings. The van der Waals surface area contributed by atoms with Crippen molar-refractivity contribution in [1.29, 1.82) is 0 Å². The summed E-state index contributed by atoms with van der Waals surface area (Å²) in [4.78, 5) is 62.3. The summed E-state index contributed by atoms with van der Waals surface area (Å²) in [6.07, 6.45) is 12.4. The maximum atomic E-state index is 14.6. The average Bonchev–Trinajstić information content (AvgIpc) is 4.19. The zero-order chi connectivity index (χ0) is 48.1. The molecule has 17 nitrogen and oxygen atoms in total. The van der Waals surface area contributed by atoms with Gasteiger partial charge in [0.1, 0.15) is 17.5 Å². The Morgan fingerprint density at radius 3 is 2.15 bits per heavy atom. The second-order valence-corrected chi connectivity index (χ2v) is 22.6. The summed E-state index contributed by atoms with van der Waals surface area (Å²) in [7, 11) is -6.57. The summed E-state index contributed by atoms with van der Waals surface area (Å²) in [5.74, 6) is -1.79. The minimum absolute atomic E-state index is 0.0681. The smallest absolute Gasteiger partial charge is 0.362 e. The zero-order valence-corrected chi connectivity index (χ0v) is 41.1. The Kier molecular flexibility index (Phi) is 16.2. The molecule has 5 atom stereocenters. The maximum Gasteiger partial charge on any atom is 0.362 e. The summed E-state index contributed by atoms with van der Waals surface area (Å²) in [6.45, 7) is 9.35. The molecule has 3 heterocycles. The Bertz CT molecular complexity index is 2310. The molecule has 0 radical (unpaired) electrons. The Balaban J connectivity index is 0.000000574. The van der Waals surface area contributed by atoms with E-state index in [1.807, 2.05) is 32.0 Å². The van der Waals surface area contributed by atoms with Gasteiger partial charge in [0.05, 0.1) is 42.7 Å². The van der Waals surface area contributed by atoms with Crippen LogP contribution in [-0.2, 0) is 52.9 Å². The van der Waals surface area contributed by atoms with E-state index < -0.39 is 72.8 Å². The molecule has 0 unspecified atom stereocenters. The van der Waals surface area contributed by atoms with E-state index in [4.69, 9.17) is 27.7 Å². The van der Waals surface area contributed by atoms with Gasteiger partial charge in [0.25, 0.3) is 0 Å². The Labute approximate surface area is 390 Å². The molecule has 0 spiro atoms. The number of pyridine rings is 1. The molecule has 2 saturated heterocycles. The highest BCUT2D eigenvalue weighted by Crippen LogP contribution is 2.59. The first-order valence-corrected chi connectivity index (χ1v) is 26.6. The average molecular weight is 963 g/mol. The number of fused-ring (bicyclic) bond motifs is 3. The topological polar surface area (TPSA) is 237 Å². The molecular formula is C47H70N4O13S2. The molecule has 19 heteroatoms. The first kappa shape index (κ1) is 51.5. The van der Waals surface area contributed by atoms with Crippen molar-refractivity contribution in [2.45, 2.75) is 186 Å². The van der Waals surface area contributed by atoms with Gasteiger partial charge in [-0.25, -0.2) is 19.0 Å². The number of rotatable bonds is 15. The molecule has 368 valence electrons. The molecule has 7 rings (SSSR count). The number of aromatic nitrogens is 1. The van der Waals surface area contributed by atoms with Crippen LogP contribution >= 0.6 is 0 Å². The summed E-state index contributed by atoms with van der Waals surface area (Å²) in [6, 6.07) is 6.40. The Hall–Kier alpha value is -3.91. The number of ether oxygens (including phenoxy) is 3. The molecule has 3 aliphatic carbocycles. The molecule has 3 saturated carbocycles. The highest BCUT2D eigenvalue weighted by molar-refractivity contribution is 7.85. The molecule has 2 aromatic rings. The van der Waals surface area contributed by atoms with E-state index in [0.717, 1.165) is 75.0 Å². The van der Waals surface area contributed by atoms with E-state index in [2.05, 4.69) is 9.71 Å². The quantitative estimate of drug-likeness (QED) is 0.173. The van der Waals surface area contributed by atoms with E-state index in [9.17, 15) is 36.0 Å². The predicted octanol–water partition coefficient (Wildman–Crippen LogP) is 6.90. The number of hydrogen-bond donors (Lipinski definition) is 2. The van der Waals surface area contributed by atoms with Crippen molar-refractivity contribution >= 4 is 54.9 Å². The second kappa shape index (κ2) is 20.8. The first-order chi connectivity index (χ1) is 31.0. The number of hydrogen-bond acceptors (Lipinski definition) is 14. The number of carbonyl (C=O) groups excluding carboxylic acids is 4. The van der Waals surface area contributed by atoms with Crippen LogP contribution in [0.15, 0.2) is 30.5 Å². The molecule has 2 aliphatic heterocycles. The van der Waals surface area contributed by atoms with Gasteiger partial charge in [-0.2, -0.15) is 16.8 Å². The van der Waals surface area contributed by atoms with Gasteiger partial charge in [0.2, 0.25) is 17.7 Å². The lowest BCUT2D eigenvalue weighted by Crippen LogP contribution is -2.46. The zero-order valence-electron chi connectivity index (χ0n) is 39.4. The molecular weight excluding hydrogens is 893 g/mol. The van der Waals surface area contributed by atoms with Crippen molar-refractivity contribution in [2.75, 3.05) is 13.7 Å². The minimum Gasteiger partial charge on any atom is -0.497 e. The van der Waals surface area contributed by atoms with Crippen molar-refractivity contribution in [1.82, 2.24) is 14.6 Å². The first-order valence-electron chi connectivity index (χ1n) is 23.7. The van der Waals surface area contributed by atoms with E-state index in [-0.39, 0.29) is 43.4 Å². The van der Waals surface area contributed by atoms with Gasteiger partial charge in [0.15, 0.2) is 5.78 Å². The van der Waals surface area contributed by atoms with Crippen LogP contribution in [0.3, 0.4) is 0 Å². The van der Waals surface area contributed by atoms with Crippen molar-refractivity contribution < 1.29 is 58.6 Å². The summed E-state index contributed by atoms with van der Waals surface area (Å²) in [5.41, 5.74) is -3.18. The number of Topliss-reactive ketones (excluding diaryl/α,β-unsaturated/α-hetero) is 1. The number of nitrogens with two attached hydrogens (primary N) is 1. The standard InChI is InChI=1S/C41H57N3O10S.C6H13NO3S/c1-6-17-40(18-19-40)54-55(49,50)43-38(48)41-24-29(41)13-11-9-7-8-10-12-28(22-35(46)53-39(2,3)4)37(47)44-26-31(23-33(44)34(45)25-41)52-36-32-15-14-30(51-5)21-27(32)16-20-42-36;1-2-3-6(4-5-6)10-11(7,8)9/h14-16,20-21,28-29,31,33H,6-13,17-19,22-26H2,1-5H3,(H,43,48);2-5H2,1H3,(H2,7,8,9)/t28-,29-,31-,33+,41-;/m1./s1. The monoisotopic (exact) mass is 962 g/mol. The Morgan fingerprint density at radius 2 is 1.55 bits per heavy atom. The van der Waals surface area contributed by atoms with Crippen molar-refractivity contribution in [2.24, 2.45) is 22.4 Å².